The van der Waals surface area contributed by atoms with E-state index in [4.69, 9.17) is 4.74 Å². The molecule has 0 fully saturated rings. The topological polar surface area (TPSA) is 9.23 Å². The van der Waals surface area contributed by atoms with Crippen LogP contribution >= 0.6 is 15.9 Å². The predicted molar refractivity (Wildman–Crippen MR) is 50.8 cm³/mol. The Labute approximate surface area is 80.4 Å². The molecular formula is C9H12BrFO. The molecule has 0 amide bonds. The highest BCUT2D eigenvalue weighted by Crippen LogP contribution is 2.31. The van der Waals surface area contributed by atoms with Crippen molar-refractivity contribution in [2.45, 2.75) is 31.0 Å². The molecule has 0 radical (unpaired) electrons. The smallest absolute Gasteiger partial charge is 0.187 e. The fourth-order valence-electron chi connectivity index (χ4n) is 0.936. The van der Waals surface area contributed by atoms with Crippen molar-refractivity contribution in [3.63, 3.8) is 0 Å². The van der Waals surface area contributed by atoms with Crippen molar-refractivity contribution >= 4 is 15.9 Å². The minimum absolute atomic E-state index is 0.142. The molecule has 0 aromatic rings. The Balaban J connectivity index is 2.53. The minimum Gasteiger partial charge on any atom is -0.491 e. The van der Waals surface area contributed by atoms with Crippen molar-refractivity contribution in [3.8, 4) is 0 Å². The summed E-state index contributed by atoms with van der Waals surface area (Å²) in [6, 6.07) is 0. The molecule has 0 heterocycles. The number of hydrogen-bond acceptors (Lipinski definition) is 1. The summed E-state index contributed by atoms with van der Waals surface area (Å²) in [5.74, 6) is 0.748. The largest absolute Gasteiger partial charge is 0.491 e. The van der Waals surface area contributed by atoms with E-state index in [1.165, 1.54) is 6.08 Å². The zero-order valence-electron chi connectivity index (χ0n) is 7.18. The van der Waals surface area contributed by atoms with Gasteiger partial charge in [-0.3, -0.25) is 0 Å². The number of halogens is 2. The van der Waals surface area contributed by atoms with Gasteiger partial charge in [-0.15, -0.1) is 0 Å². The third-order valence-electron chi connectivity index (χ3n) is 1.44. The number of rotatable bonds is 2. The van der Waals surface area contributed by atoms with E-state index < -0.39 is 4.58 Å². The van der Waals surface area contributed by atoms with Crippen LogP contribution in [0.25, 0.3) is 0 Å². The van der Waals surface area contributed by atoms with E-state index in [9.17, 15) is 4.39 Å². The Morgan fingerprint density at radius 3 is 2.75 bits per heavy atom. The molecule has 0 saturated carbocycles. The highest BCUT2D eigenvalue weighted by molar-refractivity contribution is 9.10. The van der Waals surface area contributed by atoms with Gasteiger partial charge in [0.05, 0.1) is 6.10 Å². The third kappa shape index (κ3) is 2.97. The van der Waals surface area contributed by atoms with Crippen LogP contribution in [0, 0.1) is 0 Å². The van der Waals surface area contributed by atoms with Crippen molar-refractivity contribution in [2.24, 2.45) is 0 Å². The molecule has 0 N–H and O–H groups in total. The van der Waals surface area contributed by atoms with E-state index >= 15 is 0 Å². The van der Waals surface area contributed by atoms with Gasteiger partial charge in [-0.25, -0.2) is 4.39 Å². The Kier molecular flexibility index (Phi) is 2.94. The van der Waals surface area contributed by atoms with Crippen LogP contribution in [0.3, 0.4) is 0 Å². The Hall–Kier alpha value is -0.310. The van der Waals surface area contributed by atoms with Gasteiger partial charge in [0, 0.05) is 6.42 Å². The van der Waals surface area contributed by atoms with Gasteiger partial charge in [-0.05, 0) is 48.0 Å². The lowest BCUT2D eigenvalue weighted by Gasteiger charge is -2.18. The molecule has 0 spiro atoms. The Morgan fingerprint density at radius 2 is 2.33 bits per heavy atom. The summed E-state index contributed by atoms with van der Waals surface area (Å²) in [4.78, 5) is 0. The minimum atomic E-state index is -1.38. The number of alkyl halides is 2. The molecule has 0 bridgehead atoms. The lowest BCUT2D eigenvalue weighted by atomic mass is 10.1. The number of hydrogen-bond donors (Lipinski definition) is 0. The van der Waals surface area contributed by atoms with Crippen LogP contribution in [0.2, 0.25) is 0 Å². The lowest BCUT2D eigenvalue weighted by molar-refractivity contribution is 0.154. The predicted octanol–water partition coefficient (Wildman–Crippen LogP) is 3.32. The summed E-state index contributed by atoms with van der Waals surface area (Å²) in [7, 11) is 0. The second-order valence-electron chi connectivity index (χ2n) is 3.07. The fraction of sp³-hybridized carbons (Fsp3) is 0.556. The molecule has 0 aliphatic heterocycles. The van der Waals surface area contributed by atoms with Gasteiger partial charge in [-0.1, -0.05) is 0 Å². The monoisotopic (exact) mass is 234 g/mol. The van der Waals surface area contributed by atoms with Crippen LogP contribution in [-0.4, -0.2) is 10.7 Å². The summed E-state index contributed by atoms with van der Waals surface area (Å²) in [6.07, 6.45) is 5.33. The van der Waals surface area contributed by atoms with Gasteiger partial charge in [0.15, 0.2) is 4.58 Å². The normalized spacial score (nSPS) is 28.9. The van der Waals surface area contributed by atoms with Gasteiger partial charge >= 0.3 is 0 Å². The first-order valence-corrected chi connectivity index (χ1v) is 4.73. The van der Waals surface area contributed by atoms with Crippen LogP contribution in [0.5, 0.6) is 0 Å². The third-order valence-corrected chi connectivity index (χ3v) is 2.03. The first kappa shape index (κ1) is 9.78. The zero-order chi connectivity index (χ0) is 9.19. The summed E-state index contributed by atoms with van der Waals surface area (Å²) < 4.78 is 17.1. The second kappa shape index (κ2) is 3.60. The molecule has 1 aliphatic carbocycles. The van der Waals surface area contributed by atoms with Gasteiger partial charge in [0.25, 0.3) is 0 Å². The highest BCUT2D eigenvalue weighted by atomic mass is 79.9. The molecule has 0 aromatic carbocycles. The van der Waals surface area contributed by atoms with E-state index in [1.807, 2.05) is 13.8 Å². The van der Waals surface area contributed by atoms with E-state index in [0.29, 0.717) is 6.42 Å². The molecule has 12 heavy (non-hydrogen) atoms. The second-order valence-corrected chi connectivity index (χ2v) is 4.39. The fourth-order valence-corrected chi connectivity index (χ4v) is 1.23. The molecular weight excluding hydrogens is 223 g/mol. The van der Waals surface area contributed by atoms with Crippen molar-refractivity contribution in [2.75, 3.05) is 0 Å². The molecule has 3 heteroatoms. The number of ether oxygens (including phenoxy) is 1. The highest BCUT2D eigenvalue weighted by Gasteiger charge is 2.23. The number of allylic oxidation sites excluding steroid dienone is 3. The molecule has 1 atom stereocenters. The zero-order valence-corrected chi connectivity index (χ0v) is 8.77. The molecule has 1 aliphatic rings. The van der Waals surface area contributed by atoms with Crippen molar-refractivity contribution < 1.29 is 9.13 Å². The first-order chi connectivity index (χ1) is 5.49. The molecule has 1 nitrogen and oxygen atoms in total. The lowest BCUT2D eigenvalue weighted by Crippen LogP contribution is -2.13. The Morgan fingerprint density at radius 1 is 1.67 bits per heavy atom. The SMILES string of the molecule is CC(C)OC1=CCC(F)(Br)C=C1. The van der Waals surface area contributed by atoms with Crippen LogP contribution in [0.1, 0.15) is 20.3 Å². The summed E-state index contributed by atoms with van der Waals surface area (Å²) in [6.45, 7) is 3.89. The van der Waals surface area contributed by atoms with Gasteiger partial charge in [0.1, 0.15) is 5.76 Å². The van der Waals surface area contributed by atoms with Crippen LogP contribution in [0.15, 0.2) is 24.0 Å². The van der Waals surface area contributed by atoms with Crippen molar-refractivity contribution in [1.29, 1.82) is 0 Å². The van der Waals surface area contributed by atoms with Gasteiger partial charge < -0.3 is 4.74 Å². The molecule has 0 aromatic heterocycles. The maximum absolute atomic E-state index is 13.1. The molecule has 0 saturated heterocycles. The molecule has 1 unspecified atom stereocenters. The van der Waals surface area contributed by atoms with Crippen LogP contribution < -0.4 is 0 Å². The van der Waals surface area contributed by atoms with E-state index in [0.717, 1.165) is 5.76 Å². The van der Waals surface area contributed by atoms with Crippen LogP contribution in [0.4, 0.5) is 4.39 Å². The van der Waals surface area contributed by atoms with E-state index in [-0.39, 0.29) is 6.10 Å². The van der Waals surface area contributed by atoms with Crippen molar-refractivity contribution in [1.82, 2.24) is 0 Å². The quantitative estimate of drug-likeness (QED) is 0.667. The van der Waals surface area contributed by atoms with Crippen LogP contribution in [-0.2, 0) is 4.74 Å². The first-order valence-electron chi connectivity index (χ1n) is 3.93. The standard InChI is InChI=1S/C9H12BrFO/c1-7(2)12-8-3-5-9(10,11)6-4-8/h3-5,7H,6H2,1-2H3. The van der Waals surface area contributed by atoms with Crippen molar-refractivity contribution in [3.05, 3.63) is 24.0 Å². The summed E-state index contributed by atoms with van der Waals surface area (Å²) in [5.41, 5.74) is 0. The Bertz CT molecular complexity index is 219. The summed E-state index contributed by atoms with van der Waals surface area (Å²) >= 11 is 2.93. The average molecular weight is 235 g/mol. The van der Waals surface area contributed by atoms with Gasteiger partial charge in [0.2, 0.25) is 0 Å². The maximum atomic E-state index is 13.1. The average Bonchev–Trinajstić information content (AvgIpc) is 1.93. The summed E-state index contributed by atoms with van der Waals surface area (Å²) in [5, 5.41) is 0. The van der Waals surface area contributed by atoms with Gasteiger partial charge in [-0.2, -0.15) is 0 Å². The van der Waals surface area contributed by atoms with E-state index in [1.54, 1.807) is 12.2 Å². The molecule has 68 valence electrons. The maximum Gasteiger partial charge on any atom is 0.187 e. The van der Waals surface area contributed by atoms with E-state index in [2.05, 4.69) is 15.9 Å². The molecule has 1 rings (SSSR count).